The van der Waals surface area contributed by atoms with E-state index in [0.29, 0.717) is 6.04 Å². The third-order valence-corrected chi connectivity index (χ3v) is 4.27. The fourth-order valence-electron chi connectivity index (χ4n) is 3.40. The molecule has 1 rings (SSSR count). The largest absolute Gasteiger partial charge is 0.468 e. The molecule has 0 aromatic rings. The van der Waals surface area contributed by atoms with Crippen molar-refractivity contribution in [2.75, 3.05) is 7.11 Å². The Balaban J connectivity index is 2.77. The first-order valence-corrected chi connectivity index (χ1v) is 8.04. The van der Waals surface area contributed by atoms with Gasteiger partial charge in [0, 0.05) is 6.04 Å². The first-order valence-electron chi connectivity index (χ1n) is 8.04. The van der Waals surface area contributed by atoms with Gasteiger partial charge in [-0.25, -0.2) is 0 Å². The molecule has 0 saturated heterocycles. The maximum atomic E-state index is 12.3. The van der Waals surface area contributed by atoms with Crippen molar-refractivity contribution in [3.05, 3.63) is 0 Å². The molecule has 0 aliphatic heterocycles. The minimum atomic E-state index is -0.451. The van der Waals surface area contributed by atoms with Crippen LogP contribution in [0.3, 0.4) is 0 Å². The highest BCUT2D eigenvalue weighted by molar-refractivity contribution is 5.80. The van der Waals surface area contributed by atoms with Crippen molar-refractivity contribution >= 4 is 5.97 Å². The molecule has 3 nitrogen and oxygen atoms in total. The van der Waals surface area contributed by atoms with E-state index < -0.39 is 5.54 Å². The van der Waals surface area contributed by atoms with Crippen LogP contribution in [0.1, 0.15) is 78.1 Å². The van der Waals surface area contributed by atoms with Crippen LogP contribution in [0.25, 0.3) is 0 Å². The van der Waals surface area contributed by atoms with E-state index >= 15 is 0 Å². The summed E-state index contributed by atoms with van der Waals surface area (Å²) < 4.78 is 5.09. The monoisotopic (exact) mass is 269 g/mol. The summed E-state index contributed by atoms with van der Waals surface area (Å²) in [4.78, 5) is 12.3. The van der Waals surface area contributed by atoms with E-state index in [4.69, 9.17) is 4.74 Å². The Morgan fingerprint density at radius 2 is 1.63 bits per heavy atom. The van der Waals surface area contributed by atoms with Crippen molar-refractivity contribution in [3.63, 3.8) is 0 Å². The quantitative estimate of drug-likeness (QED) is 0.564. The predicted molar refractivity (Wildman–Crippen MR) is 79.2 cm³/mol. The summed E-state index contributed by atoms with van der Waals surface area (Å²) in [6, 6.07) is 0.486. The number of ether oxygens (including phenoxy) is 1. The maximum Gasteiger partial charge on any atom is 0.326 e. The molecule has 0 aromatic heterocycles. The first kappa shape index (κ1) is 16.5. The summed E-state index contributed by atoms with van der Waals surface area (Å²) in [5.41, 5.74) is -0.451. The lowest BCUT2D eigenvalue weighted by Crippen LogP contribution is -2.56. The molecule has 1 N–H and O–H groups in total. The summed E-state index contributed by atoms with van der Waals surface area (Å²) in [5.74, 6) is -0.0690. The van der Waals surface area contributed by atoms with Gasteiger partial charge in [-0.2, -0.15) is 0 Å². The second kappa shape index (κ2) is 8.57. The van der Waals surface area contributed by atoms with E-state index in [-0.39, 0.29) is 5.97 Å². The Kier molecular flexibility index (Phi) is 7.44. The van der Waals surface area contributed by atoms with Gasteiger partial charge in [-0.15, -0.1) is 0 Å². The van der Waals surface area contributed by atoms with Gasteiger partial charge in [0.05, 0.1) is 7.11 Å². The van der Waals surface area contributed by atoms with Crippen molar-refractivity contribution in [1.29, 1.82) is 0 Å². The van der Waals surface area contributed by atoms with Gasteiger partial charge in [0.25, 0.3) is 0 Å². The average Bonchev–Trinajstić information content (AvgIpc) is 2.66. The molecule has 0 bridgehead atoms. The van der Waals surface area contributed by atoms with Crippen molar-refractivity contribution in [2.24, 2.45) is 0 Å². The lowest BCUT2D eigenvalue weighted by molar-refractivity contribution is -0.150. The topological polar surface area (TPSA) is 38.3 Å². The highest BCUT2D eigenvalue weighted by Crippen LogP contribution is 2.26. The zero-order valence-electron chi connectivity index (χ0n) is 13.0. The van der Waals surface area contributed by atoms with Gasteiger partial charge >= 0.3 is 5.97 Å². The zero-order chi connectivity index (χ0) is 14.1. The number of nitrogens with one attached hydrogen (secondary N) is 1. The van der Waals surface area contributed by atoms with Crippen LogP contribution < -0.4 is 5.32 Å². The molecule has 0 heterocycles. The van der Waals surface area contributed by atoms with Gasteiger partial charge < -0.3 is 4.74 Å². The second-order valence-electron chi connectivity index (χ2n) is 5.91. The fourth-order valence-corrected chi connectivity index (χ4v) is 3.40. The molecule has 1 aliphatic rings. The molecule has 0 aromatic carbocycles. The third-order valence-electron chi connectivity index (χ3n) is 4.27. The summed E-state index contributed by atoms with van der Waals surface area (Å²) in [6.45, 7) is 4.28. The van der Waals surface area contributed by atoms with Crippen molar-refractivity contribution < 1.29 is 9.53 Å². The number of hydrogen-bond donors (Lipinski definition) is 1. The number of methoxy groups -OCH3 is 1. The van der Waals surface area contributed by atoms with Crippen molar-refractivity contribution in [2.45, 2.75) is 89.6 Å². The number of carbonyl (C=O) groups is 1. The number of esters is 1. The van der Waals surface area contributed by atoms with E-state index in [9.17, 15) is 4.79 Å². The van der Waals surface area contributed by atoms with Gasteiger partial charge in [-0.1, -0.05) is 52.4 Å². The molecular weight excluding hydrogens is 238 g/mol. The highest BCUT2D eigenvalue weighted by Gasteiger charge is 2.39. The molecule has 0 amide bonds. The maximum absolute atomic E-state index is 12.3. The van der Waals surface area contributed by atoms with Crippen LogP contribution in [0.5, 0.6) is 0 Å². The predicted octanol–water partition coefficient (Wildman–Crippen LogP) is 3.81. The second-order valence-corrected chi connectivity index (χ2v) is 5.91. The molecule has 3 heteroatoms. The lowest BCUT2D eigenvalue weighted by atomic mass is 9.86. The van der Waals surface area contributed by atoms with Crippen LogP contribution in [0, 0.1) is 0 Å². The molecule has 0 spiro atoms. The van der Waals surface area contributed by atoms with Crippen LogP contribution in [0.4, 0.5) is 0 Å². The Hall–Kier alpha value is -0.570. The van der Waals surface area contributed by atoms with Gasteiger partial charge in [0.2, 0.25) is 0 Å². The van der Waals surface area contributed by atoms with Gasteiger partial charge in [0.1, 0.15) is 5.54 Å². The number of hydrogen-bond acceptors (Lipinski definition) is 3. The van der Waals surface area contributed by atoms with E-state index in [1.54, 1.807) is 0 Å². The molecular formula is C16H31NO2. The highest BCUT2D eigenvalue weighted by atomic mass is 16.5. The Morgan fingerprint density at radius 1 is 1.11 bits per heavy atom. The van der Waals surface area contributed by atoms with Crippen LogP contribution >= 0.6 is 0 Å². The fraction of sp³-hybridized carbons (Fsp3) is 0.938. The number of carbonyl (C=O) groups excluding carboxylic acids is 1. The molecule has 112 valence electrons. The van der Waals surface area contributed by atoms with E-state index in [1.165, 1.54) is 45.6 Å². The molecule has 1 saturated carbocycles. The Bertz CT molecular complexity index is 251. The van der Waals surface area contributed by atoms with Crippen LogP contribution in [0.2, 0.25) is 0 Å². The number of rotatable bonds is 7. The van der Waals surface area contributed by atoms with Gasteiger partial charge in [-0.05, 0) is 25.7 Å². The Labute approximate surface area is 118 Å². The van der Waals surface area contributed by atoms with Crippen molar-refractivity contribution in [3.8, 4) is 0 Å². The zero-order valence-corrected chi connectivity index (χ0v) is 13.0. The average molecular weight is 269 g/mol. The van der Waals surface area contributed by atoms with E-state index in [0.717, 1.165) is 25.7 Å². The molecule has 19 heavy (non-hydrogen) atoms. The van der Waals surface area contributed by atoms with Crippen LogP contribution in [-0.4, -0.2) is 24.7 Å². The van der Waals surface area contributed by atoms with Gasteiger partial charge in [0.15, 0.2) is 0 Å². The summed E-state index contributed by atoms with van der Waals surface area (Å²) in [5, 5.41) is 3.69. The molecule has 1 aliphatic carbocycles. The summed E-state index contributed by atoms with van der Waals surface area (Å²) >= 11 is 0. The van der Waals surface area contributed by atoms with E-state index in [1.807, 2.05) is 0 Å². The van der Waals surface area contributed by atoms with E-state index in [2.05, 4.69) is 19.2 Å². The molecule has 0 atom stereocenters. The molecule has 0 radical (unpaired) electrons. The van der Waals surface area contributed by atoms with Crippen molar-refractivity contribution in [1.82, 2.24) is 5.32 Å². The van der Waals surface area contributed by atoms with Crippen LogP contribution in [-0.2, 0) is 9.53 Å². The Morgan fingerprint density at radius 3 is 2.05 bits per heavy atom. The normalized spacial score (nSPS) is 18.1. The molecule has 0 unspecified atom stereocenters. The summed E-state index contributed by atoms with van der Waals surface area (Å²) in [6.07, 6.45) is 11.4. The molecule has 1 fully saturated rings. The minimum Gasteiger partial charge on any atom is -0.468 e. The van der Waals surface area contributed by atoms with Gasteiger partial charge in [-0.3, -0.25) is 10.1 Å². The smallest absolute Gasteiger partial charge is 0.326 e. The van der Waals surface area contributed by atoms with Crippen LogP contribution in [0.15, 0.2) is 0 Å². The lowest BCUT2D eigenvalue weighted by Gasteiger charge is -2.35. The third kappa shape index (κ3) is 4.79. The SMILES string of the molecule is CCCC(CCC)(NC1CCCCCC1)C(=O)OC. The standard InChI is InChI=1S/C16H31NO2/c1-4-12-16(13-5-2,15(18)19-3)17-14-10-8-6-7-9-11-14/h14,17H,4-13H2,1-3H3. The first-order chi connectivity index (χ1) is 9.18. The minimum absolute atomic E-state index is 0.0690. The summed E-state index contributed by atoms with van der Waals surface area (Å²) in [7, 11) is 1.51.